The summed E-state index contributed by atoms with van der Waals surface area (Å²) in [6, 6.07) is 0. The molecule has 0 aromatic rings. The first-order chi connectivity index (χ1) is 5.79. The highest BCUT2D eigenvalue weighted by atomic mass is 16.3. The van der Waals surface area contributed by atoms with Crippen molar-refractivity contribution in [2.75, 3.05) is 26.2 Å². The number of carbonyl (C=O) groups is 1. The lowest BCUT2D eigenvalue weighted by atomic mass is 10.0. The van der Waals surface area contributed by atoms with E-state index in [4.69, 9.17) is 0 Å². The average Bonchev–Trinajstić information content (AvgIpc) is 2.31. The van der Waals surface area contributed by atoms with Crippen molar-refractivity contribution in [2.24, 2.45) is 5.92 Å². The molecule has 0 spiro atoms. The van der Waals surface area contributed by atoms with Gasteiger partial charge in [0.15, 0.2) is 0 Å². The third-order valence-corrected chi connectivity index (χ3v) is 2.67. The number of likely N-dealkylation sites (tertiary alicyclic amines) is 1. The molecule has 2 N–H and O–H groups in total. The van der Waals surface area contributed by atoms with Crippen LogP contribution in [-0.4, -0.2) is 48.2 Å². The fourth-order valence-electron chi connectivity index (χ4n) is 1.69. The fourth-order valence-corrected chi connectivity index (χ4v) is 1.69. The molecule has 0 radical (unpaired) electrons. The lowest BCUT2D eigenvalue weighted by Crippen LogP contribution is -2.47. The molecule has 4 heteroatoms. The van der Waals surface area contributed by atoms with E-state index < -0.39 is 6.10 Å². The van der Waals surface area contributed by atoms with Crippen LogP contribution in [0.15, 0.2) is 0 Å². The minimum Gasteiger partial charge on any atom is -0.391 e. The highest BCUT2D eigenvalue weighted by Gasteiger charge is 2.35. The van der Waals surface area contributed by atoms with Gasteiger partial charge >= 0.3 is 0 Å². The van der Waals surface area contributed by atoms with Crippen LogP contribution in [0.3, 0.4) is 0 Å². The summed E-state index contributed by atoms with van der Waals surface area (Å²) in [5.74, 6) is -0.0657. The van der Waals surface area contributed by atoms with Gasteiger partial charge in [0.25, 0.3) is 0 Å². The smallest absolute Gasteiger partial charge is 0.229 e. The molecule has 0 aromatic carbocycles. The van der Waals surface area contributed by atoms with E-state index in [0.717, 1.165) is 19.5 Å². The van der Waals surface area contributed by atoms with E-state index in [2.05, 4.69) is 5.32 Å². The molecule has 2 unspecified atom stereocenters. The van der Waals surface area contributed by atoms with Crippen molar-refractivity contribution < 1.29 is 9.90 Å². The van der Waals surface area contributed by atoms with Crippen LogP contribution in [0.2, 0.25) is 0 Å². The number of rotatable bonds is 1. The predicted molar refractivity (Wildman–Crippen MR) is 43.6 cm³/mol. The second-order valence-electron chi connectivity index (χ2n) is 3.51. The lowest BCUT2D eigenvalue weighted by molar-refractivity contribution is -0.141. The Bertz CT molecular complexity index is 191. The maximum atomic E-state index is 11.6. The Morgan fingerprint density at radius 1 is 1.42 bits per heavy atom. The molecule has 0 bridgehead atoms. The quantitative estimate of drug-likeness (QED) is 0.519. The highest BCUT2D eigenvalue weighted by molar-refractivity contribution is 5.80. The normalized spacial score (nSPS) is 34.9. The Morgan fingerprint density at radius 3 is 2.58 bits per heavy atom. The maximum absolute atomic E-state index is 11.6. The number of aliphatic hydroxyl groups is 1. The second-order valence-corrected chi connectivity index (χ2v) is 3.51. The molecule has 12 heavy (non-hydrogen) atoms. The van der Waals surface area contributed by atoms with E-state index in [0.29, 0.717) is 13.1 Å². The number of hydrogen-bond donors (Lipinski definition) is 2. The van der Waals surface area contributed by atoms with Gasteiger partial charge in [-0.2, -0.15) is 0 Å². The zero-order chi connectivity index (χ0) is 8.55. The summed E-state index contributed by atoms with van der Waals surface area (Å²) in [5.41, 5.74) is 0. The van der Waals surface area contributed by atoms with Crippen molar-refractivity contribution in [3.05, 3.63) is 0 Å². The molecule has 2 heterocycles. The molecule has 0 aliphatic carbocycles. The van der Waals surface area contributed by atoms with Crippen molar-refractivity contribution in [3.63, 3.8) is 0 Å². The summed E-state index contributed by atoms with van der Waals surface area (Å²) in [5, 5.41) is 12.4. The van der Waals surface area contributed by atoms with Crippen LogP contribution in [0.5, 0.6) is 0 Å². The molecular weight excluding hydrogens is 156 g/mol. The van der Waals surface area contributed by atoms with Crippen LogP contribution >= 0.6 is 0 Å². The lowest BCUT2D eigenvalue weighted by Gasteiger charge is -2.33. The minimum absolute atomic E-state index is 0.124. The van der Waals surface area contributed by atoms with Gasteiger partial charge in [0, 0.05) is 26.2 Å². The van der Waals surface area contributed by atoms with Gasteiger partial charge in [0.2, 0.25) is 5.91 Å². The van der Waals surface area contributed by atoms with E-state index in [9.17, 15) is 9.90 Å². The summed E-state index contributed by atoms with van der Waals surface area (Å²) >= 11 is 0. The van der Waals surface area contributed by atoms with E-state index in [1.807, 2.05) is 4.90 Å². The van der Waals surface area contributed by atoms with Gasteiger partial charge in [-0.05, 0) is 6.42 Å². The van der Waals surface area contributed by atoms with Crippen molar-refractivity contribution in [2.45, 2.75) is 12.5 Å². The van der Waals surface area contributed by atoms with Crippen molar-refractivity contribution in [3.8, 4) is 0 Å². The molecule has 2 rings (SSSR count). The predicted octanol–water partition coefficient (Wildman–Crippen LogP) is -1.20. The maximum Gasteiger partial charge on any atom is 0.229 e. The Balaban J connectivity index is 1.93. The van der Waals surface area contributed by atoms with Gasteiger partial charge in [-0.25, -0.2) is 0 Å². The number of hydrogen-bond acceptors (Lipinski definition) is 3. The molecule has 0 aromatic heterocycles. The zero-order valence-electron chi connectivity index (χ0n) is 6.99. The van der Waals surface area contributed by atoms with Crippen LogP contribution in [0.1, 0.15) is 6.42 Å². The first-order valence-electron chi connectivity index (χ1n) is 4.46. The van der Waals surface area contributed by atoms with E-state index >= 15 is 0 Å². The second kappa shape index (κ2) is 3.03. The fraction of sp³-hybridized carbons (Fsp3) is 0.875. The number of aliphatic hydroxyl groups excluding tert-OH is 1. The third-order valence-electron chi connectivity index (χ3n) is 2.67. The molecule has 4 nitrogen and oxygen atoms in total. The molecule has 2 atom stereocenters. The van der Waals surface area contributed by atoms with E-state index in [-0.39, 0.29) is 11.8 Å². The summed E-state index contributed by atoms with van der Waals surface area (Å²) < 4.78 is 0. The standard InChI is InChI=1S/C8H14N2O2/c11-7-5-9-4-6(7)8(12)10-2-1-3-10/h6-7,9,11H,1-5H2. The molecule has 68 valence electrons. The number of nitrogens with one attached hydrogen (secondary N) is 1. The van der Waals surface area contributed by atoms with Gasteiger partial charge in [0.1, 0.15) is 0 Å². The van der Waals surface area contributed by atoms with Gasteiger partial charge in [0.05, 0.1) is 12.0 Å². The number of nitrogens with zero attached hydrogens (tertiary/aromatic N) is 1. The molecule has 2 fully saturated rings. The van der Waals surface area contributed by atoms with E-state index in [1.165, 1.54) is 0 Å². The Hall–Kier alpha value is -0.610. The van der Waals surface area contributed by atoms with Crippen molar-refractivity contribution in [1.29, 1.82) is 0 Å². The van der Waals surface area contributed by atoms with Gasteiger partial charge in [-0.3, -0.25) is 4.79 Å². The minimum atomic E-state index is -0.474. The van der Waals surface area contributed by atoms with Crippen LogP contribution < -0.4 is 5.32 Å². The largest absolute Gasteiger partial charge is 0.391 e. The topological polar surface area (TPSA) is 52.6 Å². The number of carbonyl (C=O) groups excluding carboxylic acids is 1. The average molecular weight is 170 g/mol. The SMILES string of the molecule is O=C(C1CNCC1O)N1CCC1. The van der Waals surface area contributed by atoms with E-state index in [1.54, 1.807) is 0 Å². The summed E-state index contributed by atoms with van der Waals surface area (Å²) in [6.07, 6.45) is 0.639. The molecule has 2 aliphatic rings. The zero-order valence-corrected chi connectivity index (χ0v) is 6.99. The Morgan fingerprint density at radius 2 is 2.17 bits per heavy atom. The van der Waals surface area contributed by atoms with Gasteiger partial charge in [-0.15, -0.1) is 0 Å². The van der Waals surface area contributed by atoms with Crippen LogP contribution in [0.25, 0.3) is 0 Å². The first kappa shape index (κ1) is 8.01. The molecule has 2 saturated heterocycles. The summed E-state index contributed by atoms with van der Waals surface area (Å²) in [6.45, 7) is 2.95. The highest BCUT2D eigenvalue weighted by Crippen LogP contribution is 2.16. The Kier molecular flexibility index (Phi) is 2.02. The van der Waals surface area contributed by atoms with Gasteiger partial charge in [-0.1, -0.05) is 0 Å². The molecule has 1 amide bonds. The third kappa shape index (κ3) is 1.21. The Labute approximate surface area is 71.5 Å². The number of β-amino-alcohol motifs (C(OH)–C–C–N with tert-alkyl or cyclic N) is 1. The number of amides is 1. The summed E-state index contributed by atoms with van der Waals surface area (Å²) in [4.78, 5) is 13.4. The molecule has 0 saturated carbocycles. The monoisotopic (exact) mass is 170 g/mol. The van der Waals surface area contributed by atoms with Crippen molar-refractivity contribution >= 4 is 5.91 Å². The van der Waals surface area contributed by atoms with Gasteiger partial charge < -0.3 is 15.3 Å². The molecule has 2 aliphatic heterocycles. The van der Waals surface area contributed by atoms with Crippen LogP contribution in [-0.2, 0) is 4.79 Å². The van der Waals surface area contributed by atoms with Crippen molar-refractivity contribution in [1.82, 2.24) is 10.2 Å². The van der Waals surface area contributed by atoms with Crippen LogP contribution in [0, 0.1) is 5.92 Å². The first-order valence-corrected chi connectivity index (χ1v) is 4.46. The summed E-state index contributed by atoms with van der Waals surface area (Å²) in [7, 11) is 0. The van der Waals surface area contributed by atoms with Crippen LogP contribution in [0.4, 0.5) is 0 Å². The molecular formula is C8H14N2O2.